The summed E-state index contributed by atoms with van der Waals surface area (Å²) in [5, 5.41) is 30.7. The molecule has 0 atom stereocenters. The summed E-state index contributed by atoms with van der Waals surface area (Å²) < 4.78 is 32.4. The highest BCUT2D eigenvalue weighted by molar-refractivity contribution is 7.86. The molecule has 0 heterocycles. The second-order valence-electron chi connectivity index (χ2n) is 6.11. The number of aromatic hydroxyl groups is 2. The van der Waals surface area contributed by atoms with E-state index in [1.807, 2.05) is 18.2 Å². The molecule has 8 heteroatoms. The Morgan fingerprint density at radius 3 is 2.25 bits per heavy atom. The third-order valence-electron chi connectivity index (χ3n) is 4.39. The van der Waals surface area contributed by atoms with E-state index >= 15 is 0 Å². The van der Waals surface area contributed by atoms with Crippen LogP contribution in [0.5, 0.6) is 11.5 Å². The number of nitrogens with zero attached hydrogens (tertiary/aromatic N) is 2. The smallest absolute Gasteiger partial charge is 0.295 e. The Balaban J connectivity index is 1.86. The Morgan fingerprint density at radius 1 is 0.714 bits per heavy atom. The standard InChI is InChI=1S/C20H14N2O5S/c23-17-11-8-12-4-1-2-5-13(12)19(17)22-21-16-10-9-14-15(20(16)24)6-3-7-18(14)28(25,26)27/h1-11,23-24H,(H,25,26,27)/b22-21+. The van der Waals surface area contributed by atoms with Gasteiger partial charge < -0.3 is 10.2 Å². The number of azo groups is 1. The van der Waals surface area contributed by atoms with Crippen LogP contribution in [-0.4, -0.2) is 23.2 Å². The van der Waals surface area contributed by atoms with Crippen molar-refractivity contribution in [2.45, 2.75) is 4.90 Å². The van der Waals surface area contributed by atoms with Gasteiger partial charge in [0.2, 0.25) is 0 Å². The molecule has 0 bridgehead atoms. The first-order chi connectivity index (χ1) is 13.4. The predicted octanol–water partition coefficient (Wildman–Crippen LogP) is 5.07. The van der Waals surface area contributed by atoms with Crippen molar-refractivity contribution in [3.63, 3.8) is 0 Å². The minimum Gasteiger partial charge on any atom is -0.506 e. The molecule has 7 nitrogen and oxygen atoms in total. The molecule has 3 N–H and O–H groups in total. The summed E-state index contributed by atoms with van der Waals surface area (Å²) >= 11 is 0. The van der Waals surface area contributed by atoms with Gasteiger partial charge in [0, 0.05) is 16.2 Å². The van der Waals surface area contributed by atoms with Crippen molar-refractivity contribution < 1.29 is 23.2 Å². The number of fused-ring (bicyclic) bond motifs is 2. The van der Waals surface area contributed by atoms with Gasteiger partial charge in [-0.1, -0.05) is 48.5 Å². The number of benzene rings is 4. The Hall–Kier alpha value is -3.49. The Kier molecular flexibility index (Phi) is 4.21. The molecular formula is C20H14N2O5S. The van der Waals surface area contributed by atoms with Crippen LogP contribution in [-0.2, 0) is 10.1 Å². The van der Waals surface area contributed by atoms with Crippen LogP contribution in [0.4, 0.5) is 11.4 Å². The molecule has 0 spiro atoms. The first-order valence-electron chi connectivity index (χ1n) is 8.21. The third-order valence-corrected chi connectivity index (χ3v) is 5.30. The van der Waals surface area contributed by atoms with Crippen molar-refractivity contribution in [3.05, 3.63) is 66.7 Å². The maximum Gasteiger partial charge on any atom is 0.295 e. The average Bonchev–Trinajstić information content (AvgIpc) is 2.67. The molecule has 0 saturated carbocycles. The van der Waals surface area contributed by atoms with Gasteiger partial charge in [-0.3, -0.25) is 4.55 Å². The maximum absolute atomic E-state index is 11.5. The average molecular weight is 394 g/mol. The van der Waals surface area contributed by atoms with Gasteiger partial charge in [-0.25, -0.2) is 0 Å². The fraction of sp³-hybridized carbons (Fsp3) is 0. The number of phenolic OH excluding ortho intramolecular Hbond substituents is 2. The van der Waals surface area contributed by atoms with Gasteiger partial charge in [-0.15, -0.1) is 10.2 Å². The zero-order chi connectivity index (χ0) is 19.9. The normalized spacial score (nSPS) is 12.2. The van der Waals surface area contributed by atoms with Gasteiger partial charge >= 0.3 is 0 Å². The van der Waals surface area contributed by atoms with Crippen LogP contribution in [0.25, 0.3) is 21.5 Å². The first kappa shape index (κ1) is 17.9. The summed E-state index contributed by atoms with van der Waals surface area (Å²) in [7, 11) is -4.44. The van der Waals surface area contributed by atoms with Gasteiger partial charge in [0.1, 0.15) is 22.0 Å². The maximum atomic E-state index is 11.5. The van der Waals surface area contributed by atoms with Gasteiger partial charge in [-0.05, 0) is 23.6 Å². The van der Waals surface area contributed by atoms with Crippen molar-refractivity contribution in [1.82, 2.24) is 0 Å². The molecule has 0 aliphatic heterocycles. The van der Waals surface area contributed by atoms with Crippen LogP contribution >= 0.6 is 0 Å². The van der Waals surface area contributed by atoms with E-state index in [-0.39, 0.29) is 38.5 Å². The molecule has 0 radical (unpaired) electrons. The summed E-state index contributed by atoms with van der Waals surface area (Å²) in [5.74, 6) is -0.345. The second-order valence-corrected chi connectivity index (χ2v) is 7.50. The first-order valence-corrected chi connectivity index (χ1v) is 9.65. The molecule has 4 aromatic rings. The highest BCUT2D eigenvalue weighted by atomic mass is 32.2. The zero-order valence-corrected chi connectivity index (χ0v) is 15.1. The van der Waals surface area contributed by atoms with Crippen LogP contribution in [0.3, 0.4) is 0 Å². The van der Waals surface area contributed by atoms with E-state index < -0.39 is 10.1 Å². The fourth-order valence-corrected chi connectivity index (χ4v) is 3.77. The van der Waals surface area contributed by atoms with E-state index in [2.05, 4.69) is 10.2 Å². The Bertz CT molecular complexity index is 1360. The summed E-state index contributed by atoms with van der Waals surface area (Å²) in [4.78, 5) is -0.310. The SMILES string of the molecule is O=S(=O)(O)c1cccc2c(O)c(/N=N/c3c(O)ccc4ccccc34)ccc12. The number of hydrogen-bond acceptors (Lipinski definition) is 6. The lowest BCUT2D eigenvalue weighted by atomic mass is 10.1. The zero-order valence-electron chi connectivity index (χ0n) is 14.3. The molecule has 0 aliphatic rings. The molecule has 0 fully saturated rings. The number of rotatable bonds is 3. The van der Waals surface area contributed by atoms with E-state index in [9.17, 15) is 23.2 Å². The summed E-state index contributed by atoms with van der Waals surface area (Å²) in [6, 6.07) is 17.6. The Labute approximate surface area is 160 Å². The second kappa shape index (κ2) is 6.59. The molecule has 4 aromatic carbocycles. The van der Waals surface area contributed by atoms with Crippen LogP contribution in [0, 0.1) is 0 Å². The lowest BCUT2D eigenvalue weighted by molar-refractivity contribution is 0.476. The topological polar surface area (TPSA) is 120 Å². The molecule has 0 amide bonds. The highest BCUT2D eigenvalue weighted by Crippen LogP contribution is 2.40. The van der Waals surface area contributed by atoms with Gasteiger partial charge in [0.25, 0.3) is 10.1 Å². The predicted molar refractivity (Wildman–Crippen MR) is 105 cm³/mol. The number of hydrogen-bond donors (Lipinski definition) is 3. The van der Waals surface area contributed by atoms with E-state index in [4.69, 9.17) is 0 Å². The van der Waals surface area contributed by atoms with Crippen molar-refractivity contribution >= 4 is 43.0 Å². The van der Waals surface area contributed by atoms with Crippen molar-refractivity contribution in [2.75, 3.05) is 0 Å². The van der Waals surface area contributed by atoms with Crippen molar-refractivity contribution in [3.8, 4) is 11.5 Å². The molecule has 0 aromatic heterocycles. The third kappa shape index (κ3) is 3.04. The van der Waals surface area contributed by atoms with E-state index in [0.29, 0.717) is 5.39 Å². The monoisotopic (exact) mass is 394 g/mol. The molecule has 28 heavy (non-hydrogen) atoms. The van der Waals surface area contributed by atoms with Crippen LogP contribution in [0.1, 0.15) is 0 Å². The van der Waals surface area contributed by atoms with Crippen molar-refractivity contribution in [2.24, 2.45) is 10.2 Å². The summed E-state index contributed by atoms with van der Waals surface area (Å²) in [6.45, 7) is 0. The van der Waals surface area contributed by atoms with E-state index in [0.717, 1.165) is 5.39 Å². The van der Waals surface area contributed by atoms with Crippen molar-refractivity contribution in [1.29, 1.82) is 0 Å². The molecule has 0 aliphatic carbocycles. The minimum absolute atomic E-state index is 0.0589. The Morgan fingerprint density at radius 2 is 1.46 bits per heavy atom. The van der Waals surface area contributed by atoms with E-state index in [1.54, 1.807) is 12.1 Å². The molecule has 4 rings (SSSR count). The summed E-state index contributed by atoms with van der Waals surface area (Å²) in [5.41, 5.74) is 0.344. The van der Waals surface area contributed by atoms with E-state index in [1.165, 1.54) is 36.4 Å². The van der Waals surface area contributed by atoms with Gasteiger partial charge in [0.05, 0.1) is 0 Å². The molecular weight excluding hydrogens is 380 g/mol. The molecule has 140 valence electrons. The molecule has 0 saturated heterocycles. The van der Waals surface area contributed by atoms with Gasteiger partial charge in [-0.2, -0.15) is 8.42 Å². The highest BCUT2D eigenvalue weighted by Gasteiger charge is 2.16. The fourth-order valence-electron chi connectivity index (χ4n) is 3.06. The lowest BCUT2D eigenvalue weighted by Gasteiger charge is -2.07. The van der Waals surface area contributed by atoms with Crippen LogP contribution in [0.15, 0.2) is 81.9 Å². The number of phenols is 2. The van der Waals surface area contributed by atoms with Crippen LogP contribution < -0.4 is 0 Å². The summed E-state index contributed by atoms with van der Waals surface area (Å²) in [6.07, 6.45) is 0. The molecule has 0 unspecified atom stereocenters. The van der Waals surface area contributed by atoms with Gasteiger partial charge in [0.15, 0.2) is 5.75 Å². The minimum atomic E-state index is -4.44. The lowest BCUT2D eigenvalue weighted by Crippen LogP contribution is -1.98. The quantitative estimate of drug-likeness (QED) is 0.331. The largest absolute Gasteiger partial charge is 0.506 e. The van der Waals surface area contributed by atoms with Crippen LogP contribution in [0.2, 0.25) is 0 Å².